The predicted octanol–water partition coefficient (Wildman–Crippen LogP) is 6.75. The highest BCUT2D eigenvalue weighted by Gasteiger charge is 2.14. The van der Waals surface area contributed by atoms with Gasteiger partial charge < -0.3 is 20.1 Å². The van der Waals surface area contributed by atoms with Gasteiger partial charge in [0.1, 0.15) is 11.5 Å². The lowest BCUT2D eigenvalue weighted by Crippen LogP contribution is -2.09. The second-order valence-corrected chi connectivity index (χ2v) is 7.20. The lowest BCUT2D eigenvalue weighted by molar-refractivity contribution is 0.415. The minimum Gasteiger partial charge on any atom is -0.497 e. The molecule has 4 rings (SSSR count). The van der Waals surface area contributed by atoms with Crippen molar-refractivity contribution < 1.29 is 9.47 Å². The first-order chi connectivity index (χ1) is 15.8. The van der Waals surface area contributed by atoms with E-state index in [-0.39, 0.29) is 0 Å². The molecule has 160 valence electrons. The van der Waals surface area contributed by atoms with Crippen LogP contribution in [0.15, 0.2) is 109 Å². The topological polar surface area (TPSA) is 42.5 Å². The molecule has 2 N–H and O–H groups in total. The summed E-state index contributed by atoms with van der Waals surface area (Å²) in [6, 6.07) is 36.4. The molecule has 4 nitrogen and oxygen atoms in total. The monoisotopic (exact) mass is 422 g/mol. The molecule has 4 aromatic carbocycles. The van der Waals surface area contributed by atoms with Crippen molar-refractivity contribution in [3.8, 4) is 11.5 Å². The van der Waals surface area contributed by atoms with Crippen molar-refractivity contribution in [3.05, 3.63) is 120 Å². The number of rotatable bonds is 8. The summed E-state index contributed by atoms with van der Waals surface area (Å²) >= 11 is 0. The van der Waals surface area contributed by atoms with Crippen LogP contribution in [0.4, 0.5) is 11.4 Å². The highest BCUT2D eigenvalue weighted by atomic mass is 16.5. The van der Waals surface area contributed by atoms with Crippen molar-refractivity contribution in [1.29, 1.82) is 0 Å². The second-order valence-electron chi connectivity index (χ2n) is 7.20. The number of methoxy groups -OCH3 is 2. The van der Waals surface area contributed by atoms with Crippen LogP contribution in [0.25, 0.3) is 11.4 Å². The van der Waals surface area contributed by atoms with Gasteiger partial charge in [0.05, 0.1) is 25.6 Å². The van der Waals surface area contributed by atoms with Gasteiger partial charge in [-0.15, -0.1) is 0 Å². The summed E-state index contributed by atoms with van der Waals surface area (Å²) < 4.78 is 10.8. The molecular weight excluding hydrogens is 396 g/mol. The molecule has 0 aliphatic carbocycles. The predicted molar refractivity (Wildman–Crippen MR) is 133 cm³/mol. The molecule has 0 amide bonds. The maximum absolute atomic E-state index is 5.42. The van der Waals surface area contributed by atoms with E-state index in [1.165, 1.54) is 0 Å². The highest BCUT2D eigenvalue weighted by Crippen LogP contribution is 2.31. The zero-order chi connectivity index (χ0) is 22.2. The quantitative estimate of drug-likeness (QED) is 0.308. The van der Waals surface area contributed by atoms with Gasteiger partial charge in [-0.25, -0.2) is 0 Å². The smallest absolute Gasteiger partial charge is 0.120 e. The van der Waals surface area contributed by atoms with Gasteiger partial charge >= 0.3 is 0 Å². The van der Waals surface area contributed by atoms with Gasteiger partial charge in [0, 0.05) is 34.6 Å². The fourth-order valence-corrected chi connectivity index (χ4v) is 3.46. The maximum atomic E-state index is 5.42. The minimum atomic E-state index is 0.796. The van der Waals surface area contributed by atoms with Crippen LogP contribution in [-0.2, 0) is 0 Å². The molecule has 0 spiro atoms. The zero-order valence-corrected chi connectivity index (χ0v) is 18.2. The molecule has 0 radical (unpaired) electrons. The first-order valence-electron chi connectivity index (χ1n) is 10.4. The Morgan fingerprint density at radius 1 is 0.500 bits per heavy atom. The van der Waals surface area contributed by atoms with E-state index >= 15 is 0 Å². The largest absolute Gasteiger partial charge is 0.497 e. The SMILES string of the molecule is COc1cccc(N/C(=C(/Nc2cccc(OC)c2)c2ccccc2)c2ccccc2)c1. The average Bonchev–Trinajstić information content (AvgIpc) is 2.87. The Bertz CT molecular complexity index is 1090. The molecule has 0 aliphatic rings. The van der Waals surface area contributed by atoms with Crippen LogP contribution >= 0.6 is 0 Å². The van der Waals surface area contributed by atoms with Crippen LogP contribution in [-0.4, -0.2) is 14.2 Å². The van der Waals surface area contributed by atoms with E-state index < -0.39 is 0 Å². The lowest BCUT2D eigenvalue weighted by Gasteiger charge is -2.20. The molecule has 4 heteroatoms. The summed E-state index contributed by atoms with van der Waals surface area (Å²) in [5, 5.41) is 7.25. The normalized spacial score (nSPS) is 11.3. The molecule has 32 heavy (non-hydrogen) atoms. The van der Waals surface area contributed by atoms with Gasteiger partial charge in [-0.3, -0.25) is 0 Å². The first-order valence-corrected chi connectivity index (χ1v) is 10.4. The molecule has 0 atom stereocenters. The van der Waals surface area contributed by atoms with E-state index in [0.717, 1.165) is 45.4 Å². The van der Waals surface area contributed by atoms with Crippen LogP contribution < -0.4 is 20.1 Å². The minimum absolute atomic E-state index is 0.796. The van der Waals surface area contributed by atoms with Crippen molar-refractivity contribution in [1.82, 2.24) is 0 Å². The number of hydrogen-bond acceptors (Lipinski definition) is 4. The van der Waals surface area contributed by atoms with E-state index in [9.17, 15) is 0 Å². The fraction of sp³-hybridized carbons (Fsp3) is 0.0714. The molecule has 0 aliphatic heterocycles. The maximum Gasteiger partial charge on any atom is 0.120 e. The molecular formula is C28H26N2O2. The van der Waals surface area contributed by atoms with Crippen molar-refractivity contribution in [2.24, 2.45) is 0 Å². The summed E-state index contributed by atoms with van der Waals surface area (Å²) in [4.78, 5) is 0. The van der Waals surface area contributed by atoms with Crippen molar-refractivity contribution >= 4 is 22.8 Å². The lowest BCUT2D eigenvalue weighted by atomic mass is 10.0. The second kappa shape index (κ2) is 10.2. The zero-order valence-electron chi connectivity index (χ0n) is 18.2. The standard InChI is InChI=1S/C28H26N2O2/c1-31-25-17-9-15-23(19-25)29-27(21-11-5-3-6-12-21)28(22-13-7-4-8-14-22)30-24-16-10-18-26(20-24)32-2/h3-20,29-30H,1-2H3/b28-27+. The third kappa shape index (κ3) is 5.10. The third-order valence-electron chi connectivity index (χ3n) is 5.05. The fourth-order valence-electron chi connectivity index (χ4n) is 3.46. The Morgan fingerprint density at radius 2 is 0.906 bits per heavy atom. The van der Waals surface area contributed by atoms with Gasteiger partial charge in [0.2, 0.25) is 0 Å². The number of benzene rings is 4. The Labute approximate surface area is 189 Å². The number of anilines is 2. The third-order valence-corrected chi connectivity index (χ3v) is 5.05. The highest BCUT2D eigenvalue weighted by molar-refractivity contribution is 6.00. The molecule has 0 fully saturated rings. The van der Waals surface area contributed by atoms with E-state index in [4.69, 9.17) is 9.47 Å². The van der Waals surface area contributed by atoms with Gasteiger partial charge in [-0.2, -0.15) is 0 Å². The van der Waals surface area contributed by atoms with Gasteiger partial charge in [0.15, 0.2) is 0 Å². The summed E-state index contributed by atoms with van der Waals surface area (Å²) in [6.45, 7) is 0. The first kappa shape index (κ1) is 21.1. The molecule has 4 aromatic rings. The molecule has 0 saturated heterocycles. The van der Waals surface area contributed by atoms with Crippen LogP contribution in [0.3, 0.4) is 0 Å². The van der Waals surface area contributed by atoms with E-state index in [2.05, 4.69) is 34.9 Å². The van der Waals surface area contributed by atoms with E-state index in [1.54, 1.807) is 14.2 Å². The Hall–Kier alpha value is -4.18. The van der Waals surface area contributed by atoms with Crippen molar-refractivity contribution in [2.75, 3.05) is 24.9 Å². The average molecular weight is 423 g/mol. The molecule has 0 bridgehead atoms. The van der Waals surface area contributed by atoms with Crippen LogP contribution in [0.5, 0.6) is 11.5 Å². The van der Waals surface area contributed by atoms with Crippen molar-refractivity contribution in [3.63, 3.8) is 0 Å². The summed E-state index contributed by atoms with van der Waals surface area (Å²) in [6.07, 6.45) is 0. The number of hydrogen-bond donors (Lipinski definition) is 2. The van der Waals surface area contributed by atoms with Crippen LogP contribution in [0.1, 0.15) is 11.1 Å². The molecule has 0 unspecified atom stereocenters. The Morgan fingerprint density at radius 3 is 1.28 bits per heavy atom. The molecule has 0 heterocycles. The van der Waals surface area contributed by atoms with Crippen LogP contribution in [0.2, 0.25) is 0 Å². The molecule has 0 saturated carbocycles. The summed E-state index contributed by atoms with van der Waals surface area (Å²) in [7, 11) is 3.35. The van der Waals surface area contributed by atoms with Gasteiger partial charge in [-0.1, -0.05) is 72.8 Å². The Kier molecular flexibility index (Phi) is 6.73. The van der Waals surface area contributed by atoms with Crippen molar-refractivity contribution in [2.45, 2.75) is 0 Å². The van der Waals surface area contributed by atoms with Gasteiger partial charge in [-0.05, 0) is 24.3 Å². The number of ether oxygens (including phenoxy) is 2. The molecule has 0 aromatic heterocycles. The number of nitrogens with one attached hydrogen (secondary N) is 2. The van der Waals surface area contributed by atoms with E-state index in [0.29, 0.717) is 0 Å². The van der Waals surface area contributed by atoms with Crippen LogP contribution in [0, 0.1) is 0 Å². The Balaban J connectivity index is 1.87. The summed E-state index contributed by atoms with van der Waals surface area (Å²) in [5.74, 6) is 1.59. The van der Waals surface area contributed by atoms with Gasteiger partial charge in [0.25, 0.3) is 0 Å². The van der Waals surface area contributed by atoms with E-state index in [1.807, 2.05) is 84.9 Å². The summed E-state index contributed by atoms with van der Waals surface area (Å²) in [5.41, 5.74) is 5.89.